The minimum atomic E-state index is -4.60. The van der Waals surface area contributed by atoms with Crippen molar-refractivity contribution in [1.29, 1.82) is 0 Å². The van der Waals surface area contributed by atoms with E-state index in [-0.39, 0.29) is 23.1 Å². The molecular weight excluding hydrogens is 473 g/mol. The Hall–Kier alpha value is -3.60. The lowest BCUT2D eigenvalue weighted by Crippen LogP contribution is -2.43. The number of amides is 2. The van der Waals surface area contributed by atoms with Crippen molar-refractivity contribution in [3.8, 4) is 11.3 Å². The van der Waals surface area contributed by atoms with E-state index >= 15 is 0 Å². The number of nitrogens with two attached hydrogens (primary N) is 1. The fraction of sp³-hybridized carbons (Fsp3) is 0.400. The lowest BCUT2D eigenvalue weighted by atomic mass is 9.82. The minimum absolute atomic E-state index is 0.173. The topological polar surface area (TPSA) is 98.3 Å². The van der Waals surface area contributed by atoms with Gasteiger partial charge < -0.3 is 20.7 Å². The number of rotatable bonds is 5. The Labute approximate surface area is 206 Å². The maximum absolute atomic E-state index is 13.3. The van der Waals surface area contributed by atoms with Gasteiger partial charge in [-0.2, -0.15) is 18.3 Å². The van der Waals surface area contributed by atoms with E-state index in [2.05, 4.69) is 15.4 Å². The van der Waals surface area contributed by atoms with Crippen molar-refractivity contribution in [2.75, 3.05) is 32.5 Å². The first-order valence-corrected chi connectivity index (χ1v) is 11.7. The number of pyridine rings is 1. The molecule has 0 saturated carbocycles. The summed E-state index contributed by atoms with van der Waals surface area (Å²) in [5, 5.41) is 7.62. The molecule has 2 aliphatic heterocycles. The van der Waals surface area contributed by atoms with Gasteiger partial charge in [0.15, 0.2) is 0 Å². The van der Waals surface area contributed by atoms with Gasteiger partial charge in [0, 0.05) is 49.6 Å². The summed E-state index contributed by atoms with van der Waals surface area (Å²) in [5.41, 5.74) is 6.73. The number of likely N-dealkylation sites (tertiary alicyclic amines) is 1. The van der Waals surface area contributed by atoms with Crippen LogP contribution in [0, 0.1) is 0 Å². The third-order valence-corrected chi connectivity index (χ3v) is 7.12. The highest BCUT2D eigenvalue weighted by Gasteiger charge is 2.47. The second kappa shape index (κ2) is 9.12. The molecule has 0 aliphatic carbocycles. The number of carbonyl (C=O) groups excluding carboxylic acids is 1. The Kier molecular flexibility index (Phi) is 6.11. The van der Waals surface area contributed by atoms with Crippen LogP contribution >= 0.6 is 0 Å². The number of hydrogen-bond acceptors (Lipinski definition) is 5. The van der Waals surface area contributed by atoms with Crippen molar-refractivity contribution < 1.29 is 22.7 Å². The van der Waals surface area contributed by atoms with Crippen molar-refractivity contribution >= 4 is 11.8 Å². The Morgan fingerprint density at radius 1 is 1.22 bits per heavy atom. The first-order chi connectivity index (χ1) is 17.2. The molecule has 1 unspecified atom stereocenters. The Morgan fingerprint density at radius 3 is 2.69 bits per heavy atom. The quantitative estimate of drug-likeness (QED) is 0.552. The van der Waals surface area contributed by atoms with Crippen LogP contribution in [0.1, 0.15) is 35.7 Å². The molecule has 2 aliphatic rings. The second-order valence-electron chi connectivity index (χ2n) is 9.36. The van der Waals surface area contributed by atoms with E-state index in [9.17, 15) is 18.0 Å². The molecule has 36 heavy (non-hydrogen) atoms. The molecule has 2 atom stereocenters. The van der Waals surface area contributed by atoms with Crippen molar-refractivity contribution in [1.82, 2.24) is 25.0 Å². The average Bonchev–Trinajstić information content (AvgIpc) is 3.56. The number of methoxy groups -OCH3 is 1. The number of halogens is 3. The molecule has 190 valence electrons. The van der Waals surface area contributed by atoms with E-state index in [0.717, 1.165) is 30.2 Å². The van der Waals surface area contributed by atoms with Gasteiger partial charge in [0.05, 0.1) is 23.9 Å². The maximum atomic E-state index is 13.3. The number of aromatic nitrogens is 3. The third-order valence-electron chi connectivity index (χ3n) is 7.12. The number of aryl methyl sites for hydroxylation is 1. The normalized spacial score (nSPS) is 20.1. The summed E-state index contributed by atoms with van der Waals surface area (Å²) in [6, 6.07) is 12.0. The molecular formula is C25H27F3N6O2. The highest BCUT2D eigenvalue weighted by Crippen LogP contribution is 2.44. The SMILES string of the molecule is COC[C@H](NC(=O)N1CCC2(CCn3nc(-c4cnc(N)c(C(F)(F)F)c4)cc32)C1)c1ccccc1. The molecule has 4 heterocycles. The van der Waals surface area contributed by atoms with Crippen molar-refractivity contribution in [3.05, 3.63) is 65.5 Å². The van der Waals surface area contributed by atoms with Crippen molar-refractivity contribution in [3.63, 3.8) is 0 Å². The first-order valence-electron chi connectivity index (χ1n) is 11.7. The lowest BCUT2D eigenvalue weighted by molar-refractivity contribution is -0.137. The molecule has 2 aromatic heterocycles. The monoisotopic (exact) mass is 500 g/mol. The van der Waals surface area contributed by atoms with E-state index in [1.807, 2.05) is 41.1 Å². The van der Waals surface area contributed by atoms with Crippen molar-refractivity contribution in [2.24, 2.45) is 0 Å². The number of alkyl halides is 3. The van der Waals surface area contributed by atoms with Crippen molar-refractivity contribution in [2.45, 2.75) is 37.0 Å². The number of nitrogen functional groups attached to an aromatic ring is 1. The molecule has 5 rings (SSSR count). The van der Waals surface area contributed by atoms with Crippen LogP contribution in [0.25, 0.3) is 11.3 Å². The van der Waals surface area contributed by atoms with Crippen LogP contribution in [0.4, 0.5) is 23.8 Å². The number of anilines is 1. The zero-order valence-electron chi connectivity index (χ0n) is 19.8. The molecule has 0 bridgehead atoms. The molecule has 11 heteroatoms. The van der Waals surface area contributed by atoms with Gasteiger partial charge in [0.25, 0.3) is 0 Å². The molecule has 1 spiro atoms. The highest BCUT2D eigenvalue weighted by atomic mass is 19.4. The number of urea groups is 1. The molecule has 3 N–H and O–H groups in total. The van der Waals surface area contributed by atoms with Gasteiger partial charge in [-0.15, -0.1) is 0 Å². The lowest BCUT2D eigenvalue weighted by Gasteiger charge is -2.26. The van der Waals surface area contributed by atoms with Crippen LogP contribution in [0.3, 0.4) is 0 Å². The zero-order valence-corrected chi connectivity index (χ0v) is 19.8. The summed E-state index contributed by atoms with van der Waals surface area (Å²) < 4.78 is 47.1. The van der Waals surface area contributed by atoms with Gasteiger partial charge in [-0.25, -0.2) is 9.78 Å². The van der Waals surface area contributed by atoms with Gasteiger partial charge in [0.2, 0.25) is 0 Å². The van der Waals surface area contributed by atoms with Crippen LogP contribution in [0.15, 0.2) is 48.7 Å². The largest absolute Gasteiger partial charge is 0.419 e. The highest BCUT2D eigenvalue weighted by molar-refractivity contribution is 5.75. The summed E-state index contributed by atoms with van der Waals surface area (Å²) in [7, 11) is 1.60. The number of fused-ring (bicyclic) bond motifs is 2. The number of carbonyl (C=O) groups is 1. The summed E-state index contributed by atoms with van der Waals surface area (Å²) in [4.78, 5) is 18.7. The summed E-state index contributed by atoms with van der Waals surface area (Å²) >= 11 is 0. The van der Waals surface area contributed by atoms with Gasteiger partial charge in [-0.05, 0) is 30.5 Å². The Balaban J connectivity index is 1.34. The molecule has 0 radical (unpaired) electrons. The van der Waals surface area contributed by atoms with E-state index in [0.29, 0.717) is 31.9 Å². The molecule has 1 fully saturated rings. The predicted octanol–water partition coefficient (Wildman–Crippen LogP) is 3.99. The smallest absolute Gasteiger partial charge is 0.383 e. The number of ether oxygens (including phenoxy) is 1. The van der Waals surface area contributed by atoms with E-state index in [1.54, 1.807) is 12.0 Å². The van der Waals surface area contributed by atoms with Gasteiger partial charge >= 0.3 is 12.2 Å². The average molecular weight is 501 g/mol. The van der Waals surface area contributed by atoms with Crippen LogP contribution in [0.5, 0.6) is 0 Å². The molecule has 2 amide bonds. The zero-order chi connectivity index (χ0) is 25.5. The number of nitrogens with one attached hydrogen (secondary N) is 1. The van der Waals surface area contributed by atoms with E-state index < -0.39 is 17.6 Å². The van der Waals surface area contributed by atoms with Crippen LogP contribution in [0.2, 0.25) is 0 Å². The van der Waals surface area contributed by atoms with E-state index in [1.165, 1.54) is 6.20 Å². The fourth-order valence-corrected chi connectivity index (χ4v) is 5.22. The molecule has 1 saturated heterocycles. The van der Waals surface area contributed by atoms with Gasteiger partial charge in [-0.3, -0.25) is 4.68 Å². The summed E-state index contributed by atoms with van der Waals surface area (Å²) in [5.74, 6) is -0.561. The number of benzene rings is 1. The minimum Gasteiger partial charge on any atom is -0.383 e. The fourth-order valence-electron chi connectivity index (χ4n) is 5.22. The molecule has 3 aromatic rings. The van der Waals surface area contributed by atoms with Crippen LogP contribution < -0.4 is 11.1 Å². The second-order valence-corrected chi connectivity index (χ2v) is 9.36. The molecule has 1 aromatic carbocycles. The predicted molar refractivity (Wildman–Crippen MR) is 127 cm³/mol. The Bertz CT molecular complexity index is 1260. The molecule has 8 nitrogen and oxygen atoms in total. The first kappa shape index (κ1) is 24.1. The van der Waals surface area contributed by atoms with Gasteiger partial charge in [0.1, 0.15) is 5.82 Å². The summed E-state index contributed by atoms with van der Waals surface area (Å²) in [6.07, 6.45) is -1.73. The van der Waals surface area contributed by atoms with Crippen LogP contribution in [-0.4, -0.2) is 52.5 Å². The Morgan fingerprint density at radius 2 is 1.97 bits per heavy atom. The third kappa shape index (κ3) is 4.39. The van der Waals surface area contributed by atoms with E-state index in [4.69, 9.17) is 10.5 Å². The summed E-state index contributed by atoms with van der Waals surface area (Å²) in [6.45, 7) is 2.06. The van der Waals surface area contributed by atoms with Crippen LogP contribution in [-0.2, 0) is 22.9 Å². The number of nitrogens with zero attached hydrogens (tertiary/aromatic N) is 4. The maximum Gasteiger partial charge on any atom is 0.419 e. The number of hydrogen-bond donors (Lipinski definition) is 2. The van der Waals surface area contributed by atoms with Gasteiger partial charge in [-0.1, -0.05) is 30.3 Å². The standard InChI is InChI=1S/C25H27F3N6O2/c1-36-14-20(16-5-3-2-4-6-16)31-23(35)33-9-7-24(15-33)8-10-34-21(24)12-19(32-34)17-11-18(25(26,27)28)22(29)30-13-17/h2-6,11-13,20H,7-10,14-15H2,1H3,(H2,29,30)(H,31,35)/t20-,24?/m0/s1.